The molecule has 3 nitrogen and oxygen atoms in total. The van der Waals surface area contributed by atoms with E-state index in [2.05, 4.69) is 41.5 Å². The third-order valence-corrected chi connectivity index (χ3v) is 7.58. The molecule has 0 N–H and O–H groups in total. The second kappa shape index (κ2) is 12.8. The molecule has 1 aromatic carbocycles. The predicted octanol–water partition coefficient (Wildman–Crippen LogP) is 8.75. The van der Waals surface area contributed by atoms with Crippen LogP contribution in [-0.4, -0.2) is 11.6 Å². The summed E-state index contributed by atoms with van der Waals surface area (Å²) in [4.78, 5) is 11.4. The van der Waals surface area contributed by atoms with Gasteiger partial charge in [-0.1, -0.05) is 72.6 Å². The fourth-order valence-corrected chi connectivity index (χ4v) is 5.30. The lowest BCUT2D eigenvalue weighted by atomic mass is 9.84. The number of ether oxygens (including phenoxy) is 2. The molecule has 0 saturated carbocycles. The fourth-order valence-electron chi connectivity index (χ4n) is 5.30. The number of rotatable bonds is 13. The highest BCUT2D eigenvalue weighted by Crippen LogP contribution is 2.43. The van der Waals surface area contributed by atoms with Crippen molar-refractivity contribution >= 4 is 5.97 Å². The van der Waals surface area contributed by atoms with Crippen molar-refractivity contribution in [3.63, 3.8) is 0 Å². The Bertz CT molecular complexity index is 766. The van der Waals surface area contributed by atoms with Crippen LogP contribution >= 0.6 is 0 Å². The van der Waals surface area contributed by atoms with Gasteiger partial charge in [-0.25, -0.2) is 0 Å². The first-order chi connectivity index (χ1) is 15.5. The third-order valence-electron chi connectivity index (χ3n) is 7.58. The molecule has 0 bridgehead atoms. The molecule has 0 saturated heterocycles. The molecule has 0 radical (unpaired) electrons. The number of aryl methyl sites for hydroxylation is 1. The Morgan fingerprint density at radius 1 is 1.00 bits per heavy atom. The predicted molar refractivity (Wildman–Crippen MR) is 139 cm³/mol. The largest absolute Gasteiger partial charge is 0.487 e. The summed E-state index contributed by atoms with van der Waals surface area (Å²) < 4.78 is 12.0. The number of esters is 1. The van der Waals surface area contributed by atoms with E-state index in [1.807, 2.05) is 13.0 Å². The summed E-state index contributed by atoms with van der Waals surface area (Å²) in [6, 6.07) is 1.95. The second-order valence-electron chi connectivity index (χ2n) is 11.6. The van der Waals surface area contributed by atoms with Gasteiger partial charge in [-0.3, -0.25) is 4.79 Å². The molecule has 188 valence electrons. The van der Waals surface area contributed by atoms with E-state index in [0.29, 0.717) is 5.75 Å². The molecule has 0 aromatic heterocycles. The van der Waals surface area contributed by atoms with Crippen molar-refractivity contribution < 1.29 is 14.3 Å². The van der Waals surface area contributed by atoms with Gasteiger partial charge in [0.05, 0.1) is 0 Å². The van der Waals surface area contributed by atoms with E-state index < -0.39 is 0 Å². The lowest BCUT2D eigenvalue weighted by Crippen LogP contribution is -2.37. The van der Waals surface area contributed by atoms with Crippen molar-refractivity contribution in [2.45, 2.75) is 132 Å². The van der Waals surface area contributed by atoms with Gasteiger partial charge in [0.2, 0.25) is 0 Å². The Morgan fingerprint density at radius 2 is 1.58 bits per heavy atom. The fraction of sp³-hybridized carbons (Fsp3) is 0.767. The number of carbonyl (C=O) groups excluding carboxylic acids is 1. The molecule has 0 spiro atoms. The number of fused-ring (bicyclic) bond motifs is 1. The smallest absolute Gasteiger partial charge is 0.308 e. The van der Waals surface area contributed by atoms with Gasteiger partial charge in [0, 0.05) is 12.5 Å². The SMILES string of the molecule is CC(=O)Oc1cc(C)c2c(c1C)CC[C@@](C)(CCCC(C)CCCC(C)CCCC(C)C)O2. The summed E-state index contributed by atoms with van der Waals surface area (Å²) >= 11 is 0. The summed E-state index contributed by atoms with van der Waals surface area (Å²) in [6.07, 6.45) is 13.9. The van der Waals surface area contributed by atoms with Crippen molar-refractivity contribution in [3.05, 3.63) is 22.8 Å². The average molecular weight is 459 g/mol. The van der Waals surface area contributed by atoms with Gasteiger partial charge in [0.1, 0.15) is 17.1 Å². The molecular weight excluding hydrogens is 408 g/mol. The molecule has 1 aliphatic rings. The van der Waals surface area contributed by atoms with Crippen molar-refractivity contribution in [1.82, 2.24) is 0 Å². The van der Waals surface area contributed by atoms with Crippen LogP contribution in [-0.2, 0) is 11.2 Å². The van der Waals surface area contributed by atoms with Gasteiger partial charge >= 0.3 is 5.97 Å². The minimum atomic E-state index is -0.270. The van der Waals surface area contributed by atoms with Crippen molar-refractivity contribution in [2.75, 3.05) is 0 Å². The van der Waals surface area contributed by atoms with E-state index in [9.17, 15) is 4.79 Å². The van der Waals surface area contributed by atoms with Gasteiger partial charge in [0.15, 0.2) is 0 Å². The van der Waals surface area contributed by atoms with Crippen molar-refractivity contribution in [3.8, 4) is 11.5 Å². The molecule has 33 heavy (non-hydrogen) atoms. The number of benzene rings is 1. The minimum absolute atomic E-state index is 0.0994. The summed E-state index contributed by atoms with van der Waals surface area (Å²) in [5, 5.41) is 0. The minimum Gasteiger partial charge on any atom is -0.487 e. The van der Waals surface area contributed by atoms with Crippen molar-refractivity contribution in [2.24, 2.45) is 17.8 Å². The normalized spacial score (nSPS) is 19.7. The molecule has 1 aliphatic heterocycles. The quantitative estimate of drug-likeness (QED) is 0.219. The number of hydrogen-bond acceptors (Lipinski definition) is 3. The van der Waals surface area contributed by atoms with E-state index >= 15 is 0 Å². The third kappa shape index (κ3) is 8.98. The second-order valence-corrected chi connectivity index (χ2v) is 11.6. The molecule has 2 rings (SSSR count). The van der Waals surface area contributed by atoms with Crippen LogP contribution in [0.3, 0.4) is 0 Å². The van der Waals surface area contributed by atoms with Gasteiger partial charge in [0.25, 0.3) is 0 Å². The van der Waals surface area contributed by atoms with Crippen LogP contribution in [0.15, 0.2) is 6.07 Å². The molecule has 0 amide bonds. The highest BCUT2D eigenvalue weighted by Gasteiger charge is 2.33. The van der Waals surface area contributed by atoms with Crippen LogP contribution in [0.5, 0.6) is 11.5 Å². The van der Waals surface area contributed by atoms with Gasteiger partial charge < -0.3 is 9.47 Å². The van der Waals surface area contributed by atoms with E-state index in [0.717, 1.165) is 53.9 Å². The van der Waals surface area contributed by atoms with E-state index in [4.69, 9.17) is 9.47 Å². The van der Waals surface area contributed by atoms with Gasteiger partial charge in [-0.05, 0) is 81.4 Å². The zero-order chi connectivity index (χ0) is 24.6. The molecule has 1 heterocycles. The highest BCUT2D eigenvalue weighted by atomic mass is 16.5. The van der Waals surface area contributed by atoms with E-state index in [-0.39, 0.29) is 11.6 Å². The molecule has 3 atom stereocenters. The zero-order valence-electron chi connectivity index (χ0n) is 22.8. The zero-order valence-corrected chi connectivity index (χ0v) is 22.8. The topological polar surface area (TPSA) is 35.5 Å². The number of carbonyl (C=O) groups is 1. The van der Waals surface area contributed by atoms with Crippen molar-refractivity contribution in [1.29, 1.82) is 0 Å². The standard InChI is InChI=1S/C30H50O3/c1-21(2)12-9-13-22(3)14-10-15-23(4)16-11-18-30(8)19-17-27-25(6)28(32-26(7)31)20-24(5)29(27)33-30/h20-23H,9-19H2,1-8H3/t22?,23?,30-/m1/s1. The van der Waals surface area contributed by atoms with Crippen LogP contribution in [0.2, 0.25) is 0 Å². The molecule has 3 heteroatoms. The van der Waals surface area contributed by atoms with Crippen LogP contribution in [0, 0.1) is 31.6 Å². The van der Waals surface area contributed by atoms with Crippen LogP contribution in [0.25, 0.3) is 0 Å². The van der Waals surface area contributed by atoms with Crippen LogP contribution in [0.4, 0.5) is 0 Å². The maximum absolute atomic E-state index is 11.4. The highest BCUT2D eigenvalue weighted by molar-refractivity contribution is 5.70. The average Bonchev–Trinajstić information content (AvgIpc) is 2.71. The Labute approximate surface area is 204 Å². The summed E-state index contributed by atoms with van der Waals surface area (Å²) in [5.41, 5.74) is 3.21. The lowest BCUT2D eigenvalue weighted by molar-refractivity contribution is -0.131. The first-order valence-corrected chi connectivity index (χ1v) is 13.5. The Morgan fingerprint density at radius 3 is 2.15 bits per heavy atom. The Kier molecular flexibility index (Phi) is 10.8. The van der Waals surface area contributed by atoms with Crippen LogP contribution in [0.1, 0.15) is 122 Å². The monoisotopic (exact) mass is 458 g/mol. The van der Waals surface area contributed by atoms with E-state index in [1.54, 1.807) is 0 Å². The molecular formula is C30H50O3. The molecule has 0 fully saturated rings. The maximum Gasteiger partial charge on any atom is 0.308 e. The molecule has 0 aliphatic carbocycles. The summed E-state index contributed by atoms with van der Waals surface area (Å²) in [7, 11) is 0. The molecule has 1 aromatic rings. The molecule has 2 unspecified atom stereocenters. The maximum atomic E-state index is 11.4. The van der Waals surface area contributed by atoms with Crippen LogP contribution < -0.4 is 9.47 Å². The Hall–Kier alpha value is -1.51. The first-order valence-electron chi connectivity index (χ1n) is 13.5. The Balaban J connectivity index is 1.77. The summed E-state index contributed by atoms with van der Waals surface area (Å²) in [6.45, 7) is 17.3. The van der Waals surface area contributed by atoms with E-state index in [1.165, 1.54) is 63.9 Å². The van der Waals surface area contributed by atoms with Gasteiger partial charge in [-0.15, -0.1) is 0 Å². The summed E-state index contributed by atoms with van der Waals surface area (Å²) in [5.74, 6) is 3.92. The lowest BCUT2D eigenvalue weighted by Gasteiger charge is -2.38. The van der Waals surface area contributed by atoms with Gasteiger partial charge in [-0.2, -0.15) is 0 Å². The number of hydrogen-bond donors (Lipinski definition) is 0. The first kappa shape index (κ1) is 27.7.